The maximum absolute atomic E-state index is 11.3. The first-order chi connectivity index (χ1) is 9.65. The van der Waals surface area contributed by atoms with Crippen LogP contribution in [-0.4, -0.2) is 11.1 Å². The van der Waals surface area contributed by atoms with Crippen LogP contribution in [0.15, 0.2) is 57.6 Å². The molecule has 0 bridgehead atoms. The number of carbonyl (C=O) groups is 1. The van der Waals surface area contributed by atoms with E-state index in [0.717, 1.165) is 10.3 Å². The highest BCUT2D eigenvalue weighted by molar-refractivity contribution is 7.99. The summed E-state index contributed by atoms with van der Waals surface area (Å²) in [6.07, 6.45) is 0. The molecule has 0 saturated carbocycles. The van der Waals surface area contributed by atoms with E-state index >= 15 is 0 Å². The van der Waals surface area contributed by atoms with Gasteiger partial charge in [-0.2, -0.15) is 0 Å². The van der Waals surface area contributed by atoms with Crippen molar-refractivity contribution < 1.29 is 9.90 Å². The Morgan fingerprint density at radius 1 is 1.15 bits per heavy atom. The zero-order valence-electron chi connectivity index (χ0n) is 10.2. The first-order valence-electron chi connectivity index (χ1n) is 5.82. The molecule has 2 nitrogen and oxygen atoms in total. The fourth-order valence-corrected chi connectivity index (χ4v) is 4.35. The summed E-state index contributed by atoms with van der Waals surface area (Å²) in [7, 11) is 0. The lowest BCUT2D eigenvalue weighted by Crippen LogP contribution is -1.98. The minimum absolute atomic E-state index is 0.273. The number of carboxylic acid groups (broad SMARTS) is 1. The molecule has 0 aliphatic heterocycles. The summed E-state index contributed by atoms with van der Waals surface area (Å²) in [4.78, 5) is 13.0. The van der Waals surface area contributed by atoms with Crippen LogP contribution in [-0.2, 0) is 0 Å². The summed E-state index contributed by atoms with van der Waals surface area (Å²) in [5, 5.41) is 13.0. The summed E-state index contributed by atoms with van der Waals surface area (Å²) in [6.45, 7) is 0. The van der Waals surface area contributed by atoms with Crippen molar-refractivity contribution in [1.82, 2.24) is 0 Å². The zero-order valence-corrected chi connectivity index (χ0v) is 12.6. The number of benzene rings is 2. The summed E-state index contributed by atoms with van der Waals surface area (Å²) in [5.41, 5.74) is 0.273. The minimum Gasteiger partial charge on any atom is -0.478 e. The third kappa shape index (κ3) is 2.54. The molecule has 0 saturated heterocycles. The molecule has 0 aliphatic rings. The van der Waals surface area contributed by atoms with Crippen molar-refractivity contribution in [3.8, 4) is 0 Å². The van der Waals surface area contributed by atoms with E-state index in [4.69, 9.17) is 11.6 Å². The maximum Gasteiger partial charge on any atom is 0.336 e. The van der Waals surface area contributed by atoms with Crippen LogP contribution in [0.2, 0.25) is 5.02 Å². The predicted octanol–water partition coefficient (Wildman–Crippen LogP) is 5.40. The van der Waals surface area contributed by atoms with E-state index < -0.39 is 5.97 Å². The van der Waals surface area contributed by atoms with Gasteiger partial charge in [-0.3, -0.25) is 0 Å². The first-order valence-corrected chi connectivity index (χ1v) is 7.89. The largest absolute Gasteiger partial charge is 0.478 e. The molecule has 1 N–H and O–H groups in total. The smallest absolute Gasteiger partial charge is 0.336 e. The second-order valence-electron chi connectivity index (χ2n) is 4.14. The Labute approximate surface area is 129 Å². The third-order valence-electron chi connectivity index (χ3n) is 2.84. The number of rotatable bonds is 3. The predicted molar refractivity (Wildman–Crippen MR) is 84.4 cm³/mol. The molecular weight excluding hydrogens is 312 g/mol. The Kier molecular flexibility index (Phi) is 3.70. The topological polar surface area (TPSA) is 37.3 Å². The molecule has 1 aromatic heterocycles. The number of hydrogen-bond acceptors (Lipinski definition) is 3. The molecule has 3 aromatic rings. The Balaban J connectivity index is 2.07. The van der Waals surface area contributed by atoms with E-state index in [9.17, 15) is 9.90 Å². The average Bonchev–Trinajstić information content (AvgIpc) is 2.82. The molecule has 0 unspecified atom stereocenters. The van der Waals surface area contributed by atoms with Gasteiger partial charge in [-0.05, 0) is 24.3 Å². The molecule has 5 heteroatoms. The molecule has 0 fully saturated rings. The number of halogens is 1. The van der Waals surface area contributed by atoms with Gasteiger partial charge in [-0.1, -0.05) is 41.6 Å². The van der Waals surface area contributed by atoms with Crippen molar-refractivity contribution in [3.63, 3.8) is 0 Å². The SMILES string of the molecule is O=C(O)c1ccc(Cl)cc1Sc1csc2ccccc12. The molecule has 1 heterocycles. The van der Waals surface area contributed by atoms with Crippen LogP contribution in [0.1, 0.15) is 10.4 Å². The van der Waals surface area contributed by atoms with Crippen molar-refractivity contribution >= 4 is 50.8 Å². The van der Waals surface area contributed by atoms with Crippen LogP contribution in [0.5, 0.6) is 0 Å². The van der Waals surface area contributed by atoms with Crippen molar-refractivity contribution in [2.45, 2.75) is 9.79 Å². The van der Waals surface area contributed by atoms with Gasteiger partial charge in [0.1, 0.15) is 0 Å². The van der Waals surface area contributed by atoms with Gasteiger partial charge in [-0.25, -0.2) is 4.79 Å². The van der Waals surface area contributed by atoms with Crippen LogP contribution < -0.4 is 0 Å². The fourth-order valence-electron chi connectivity index (χ4n) is 1.91. The van der Waals surface area contributed by atoms with Crippen LogP contribution >= 0.6 is 34.7 Å². The second kappa shape index (κ2) is 5.48. The number of thiophene rings is 1. The fraction of sp³-hybridized carbons (Fsp3) is 0. The number of aromatic carboxylic acids is 1. The number of hydrogen-bond donors (Lipinski definition) is 1. The molecule has 20 heavy (non-hydrogen) atoms. The molecule has 0 radical (unpaired) electrons. The van der Waals surface area contributed by atoms with Crippen molar-refractivity contribution in [1.29, 1.82) is 0 Å². The van der Waals surface area contributed by atoms with E-state index in [1.165, 1.54) is 16.5 Å². The lowest BCUT2D eigenvalue weighted by Gasteiger charge is -2.05. The molecule has 2 aromatic carbocycles. The molecule has 3 rings (SSSR count). The van der Waals surface area contributed by atoms with E-state index in [-0.39, 0.29) is 5.56 Å². The Bertz CT molecular complexity index is 795. The lowest BCUT2D eigenvalue weighted by atomic mass is 10.2. The number of fused-ring (bicyclic) bond motifs is 1. The Morgan fingerprint density at radius 2 is 1.95 bits per heavy atom. The first kappa shape index (κ1) is 13.5. The van der Waals surface area contributed by atoms with E-state index in [0.29, 0.717) is 9.92 Å². The average molecular weight is 321 g/mol. The molecule has 0 atom stereocenters. The standard InChI is InChI=1S/C15H9ClO2S2/c16-9-5-6-11(15(17)18)13(7-9)20-14-8-19-12-4-2-1-3-10(12)14/h1-8H,(H,17,18). The van der Waals surface area contributed by atoms with Gasteiger partial charge < -0.3 is 5.11 Å². The number of carboxylic acids is 1. The molecule has 0 spiro atoms. The third-order valence-corrected chi connectivity index (χ3v) is 5.30. The highest BCUT2D eigenvalue weighted by Crippen LogP contribution is 2.39. The molecule has 100 valence electrons. The quantitative estimate of drug-likeness (QED) is 0.701. The summed E-state index contributed by atoms with van der Waals surface area (Å²) < 4.78 is 1.19. The van der Waals surface area contributed by atoms with Crippen LogP contribution in [0.4, 0.5) is 0 Å². The van der Waals surface area contributed by atoms with E-state index in [1.807, 2.05) is 23.6 Å². The molecular formula is C15H9ClO2S2. The van der Waals surface area contributed by atoms with E-state index in [1.54, 1.807) is 29.5 Å². The van der Waals surface area contributed by atoms with Gasteiger partial charge in [0.25, 0.3) is 0 Å². The Hall–Kier alpha value is -1.49. The molecule has 0 aliphatic carbocycles. The Morgan fingerprint density at radius 3 is 2.75 bits per heavy atom. The summed E-state index contributed by atoms with van der Waals surface area (Å²) in [5.74, 6) is -0.941. The molecule has 0 amide bonds. The lowest BCUT2D eigenvalue weighted by molar-refractivity contribution is 0.0693. The zero-order chi connectivity index (χ0) is 14.1. The van der Waals surface area contributed by atoms with Crippen LogP contribution in [0, 0.1) is 0 Å². The van der Waals surface area contributed by atoms with Crippen molar-refractivity contribution in [2.24, 2.45) is 0 Å². The van der Waals surface area contributed by atoms with Gasteiger partial charge in [0, 0.05) is 30.3 Å². The normalized spacial score (nSPS) is 10.8. The van der Waals surface area contributed by atoms with Crippen LogP contribution in [0.3, 0.4) is 0 Å². The highest BCUT2D eigenvalue weighted by Gasteiger charge is 2.13. The monoisotopic (exact) mass is 320 g/mol. The second-order valence-corrected chi connectivity index (χ2v) is 6.58. The van der Waals surface area contributed by atoms with Gasteiger partial charge >= 0.3 is 5.97 Å². The summed E-state index contributed by atoms with van der Waals surface area (Å²) >= 11 is 9.06. The van der Waals surface area contributed by atoms with Crippen LogP contribution in [0.25, 0.3) is 10.1 Å². The summed E-state index contributed by atoms with van der Waals surface area (Å²) in [6, 6.07) is 12.9. The van der Waals surface area contributed by atoms with E-state index in [2.05, 4.69) is 6.07 Å². The van der Waals surface area contributed by atoms with Crippen molar-refractivity contribution in [3.05, 3.63) is 58.4 Å². The maximum atomic E-state index is 11.3. The van der Waals surface area contributed by atoms with Gasteiger partial charge in [-0.15, -0.1) is 11.3 Å². The van der Waals surface area contributed by atoms with Gasteiger partial charge in [0.15, 0.2) is 0 Å². The highest BCUT2D eigenvalue weighted by atomic mass is 35.5. The minimum atomic E-state index is -0.941. The van der Waals surface area contributed by atoms with Gasteiger partial charge in [0.05, 0.1) is 5.56 Å². The van der Waals surface area contributed by atoms with Gasteiger partial charge in [0.2, 0.25) is 0 Å². The van der Waals surface area contributed by atoms with Crippen molar-refractivity contribution in [2.75, 3.05) is 0 Å².